The van der Waals surface area contributed by atoms with Gasteiger partial charge in [-0.2, -0.15) is 0 Å². The summed E-state index contributed by atoms with van der Waals surface area (Å²) in [5.41, 5.74) is 3.68. The molecule has 0 radical (unpaired) electrons. The monoisotopic (exact) mass is 258 g/mol. The molecule has 1 fully saturated rings. The van der Waals surface area contributed by atoms with Gasteiger partial charge in [-0.15, -0.1) is 0 Å². The quantitative estimate of drug-likeness (QED) is 0.704. The molecule has 1 spiro atoms. The zero-order chi connectivity index (χ0) is 13.7. The minimum Gasteiger partial charge on any atom is -0.366 e. The van der Waals surface area contributed by atoms with Crippen molar-refractivity contribution in [1.82, 2.24) is 4.90 Å². The molecule has 0 aromatic heterocycles. The lowest BCUT2D eigenvalue weighted by molar-refractivity contribution is 0.193. The molecule has 2 aliphatic heterocycles. The van der Waals surface area contributed by atoms with Crippen LogP contribution in [0.25, 0.3) is 0 Å². The molecule has 3 rings (SSSR count). The molecule has 104 valence electrons. The van der Waals surface area contributed by atoms with E-state index in [1.54, 1.807) is 5.56 Å². The Morgan fingerprint density at radius 1 is 1.05 bits per heavy atom. The van der Waals surface area contributed by atoms with E-state index in [1.807, 2.05) is 0 Å². The van der Waals surface area contributed by atoms with Crippen LogP contribution in [0.15, 0.2) is 24.3 Å². The van der Waals surface area contributed by atoms with Crippen molar-refractivity contribution in [2.45, 2.75) is 44.6 Å². The molecule has 0 bridgehead atoms. The zero-order valence-corrected chi connectivity index (χ0v) is 12.7. The van der Waals surface area contributed by atoms with E-state index in [0.717, 1.165) is 0 Å². The van der Waals surface area contributed by atoms with Gasteiger partial charge in [-0.1, -0.05) is 18.2 Å². The Bertz CT molecular complexity index is 464. The van der Waals surface area contributed by atoms with Crippen molar-refractivity contribution in [3.05, 3.63) is 29.8 Å². The second-order valence-electron chi connectivity index (χ2n) is 7.36. The number of benzene rings is 1. The summed E-state index contributed by atoms with van der Waals surface area (Å²) in [6.07, 6.45) is 2.60. The van der Waals surface area contributed by atoms with Crippen LogP contribution in [0.2, 0.25) is 0 Å². The third kappa shape index (κ3) is 2.06. The summed E-state index contributed by atoms with van der Waals surface area (Å²) in [7, 11) is 2.25. The van der Waals surface area contributed by atoms with E-state index in [0.29, 0.717) is 5.41 Å². The summed E-state index contributed by atoms with van der Waals surface area (Å²) in [6, 6.07) is 9.08. The molecule has 0 N–H and O–H groups in total. The fourth-order valence-electron chi connectivity index (χ4n) is 3.70. The van der Waals surface area contributed by atoms with E-state index < -0.39 is 0 Å². The van der Waals surface area contributed by atoms with E-state index in [4.69, 9.17) is 0 Å². The molecule has 0 unspecified atom stereocenters. The van der Waals surface area contributed by atoms with Gasteiger partial charge in [0.25, 0.3) is 0 Å². The molecule has 0 amide bonds. The molecular formula is C17H26N2. The van der Waals surface area contributed by atoms with Crippen molar-refractivity contribution in [2.24, 2.45) is 0 Å². The largest absolute Gasteiger partial charge is 0.366 e. The Kier molecular flexibility index (Phi) is 2.90. The van der Waals surface area contributed by atoms with Gasteiger partial charge in [-0.3, -0.25) is 0 Å². The molecule has 2 heteroatoms. The van der Waals surface area contributed by atoms with Crippen molar-refractivity contribution in [3.8, 4) is 0 Å². The lowest BCUT2D eigenvalue weighted by Gasteiger charge is -2.41. The standard InChI is InChI=1S/C17H26N2/c1-16(2,3)19-13-17(9-11-18(4)12-10-17)14-7-5-6-8-15(14)19/h5-8H,9-13H2,1-4H3. The molecular weight excluding hydrogens is 232 g/mol. The Morgan fingerprint density at radius 2 is 1.68 bits per heavy atom. The molecule has 0 atom stereocenters. The first-order valence-corrected chi connectivity index (χ1v) is 7.48. The van der Waals surface area contributed by atoms with Gasteiger partial charge in [0.05, 0.1) is 0 Å². The number of hydrogen-bond acceptors (Lipinski definition) is 2. The van der Waals surface area contributed by atoms with E-state index in [9.17, 15) is 0 Å². The second-order valence-corrected chi connectivity index (χ2v) is 7.36. The highest BCUT2D eigenvalue weighted by atomic mass is 15.2. The number of fused-ring (bicyclic) bond motifs is 2. The molecule has 0 aliphatic carbocycles. The van der Waals surface area contributed by atoms with E-state index in [1.165, 1.54) is 38.2 Å². The SMILES string of the molecule is CN1CCC2(CC1)CN(C(C)(C)C)c1ccccc12. The summed E-state index contributed by atoms with van der Waals surface area (Å²) in [6.45, 7) is 10.6. The maximum absolute atomic E-state index is 2.62. The minimum atomic E-state index is 0.211. The number of likely N-dealkylation sites (tertiary alicyclic amines) is 1. The smallest absolute Gasteiger partial charge is 0.0409 e. The predicted octanol–water partition coefficient (Wildman–Crippen LogP) is 3.27. The van der Waals surface area contributed by atoms with Crippen molar-refractivity contribution in [3.63, 3.8) is 0 Å². The first-order chi connectivity index (χ1) is 8.92. The fraction of sp³-hybridized carbons (Fsp3) is 0.647. The maximum atomic E-state index is 2.62. The van der Waals surface area contributed by atoms with Gasteiger partial charge in [0.15, 0.2) is 0 Å². The van der Waals surface area contributed by atoms with E-state index in [-0.39, 0.29) is 5.54 Å². The van der Waals surface area contributed by atoms with Gasteiger partial charge in [-0.25, -0.2) is 0 Å². The van der Waals surface area contributed by atoms with E-state index >= 15 is 0 Å². The van der Waals surface area contributed by atoms with E-state index in [2.05, 4.69) is 61.9 Å². The Morgan fingerprint density at radius 3 is 2.32 bits per heavy atom. The highest BCUT2D eigenvalue weighted by Crippen LogP contribution is 2.48. The van der Waals surface area contributed by atoms with Crippen LogP contribution < -0.4 is 4.90 Å². The van der Waals surface area contributed by atoms with Crippen LogP contribution in [0.1, 0.15) is 39.2 Å². The van der Waals surface area contributed by atoms with Gasteiger partial charge in [-0.05, 0) is 65.4 Å². The van der Waals surface area contributed by atoms with Crippen LogP contribution in [-0.4, -0.2) is 37.1 Å². The Hall–Kier alpha value is -1.02. The van der Waals surface area contributed by atoms with Crippen LogP contribution in [-0.2, 0) is 5.41 Å². The summed E-state index contributed by atoms with van der Waals surface area (Å²) in [4.78, 5) is 5.08. The Balaban J connectivity index is 2.02. The van der Waals surface area contributed by atoms with Gasteiger partial charge < -0.3 is 9.80 Å². The minimum absolute atomic E-state index is 0.211. The Labute approximate surface area is 117 Å². The van der Waals surface area contributed by atoms with Crippen molar-refractivity contribution >= 4 is 5.69 Å². The first kappa shape index (κ1) is 13.0. The summed E-state index contributed by atoms with van der Waals surface area (Å²) < 4.78 is 0. The van der Waals surface area contributed by atoms with Crippen molar-refractivity contribution < 1.29 is 0 Å². The maximum Gasteiger partial charge on any atom is 0.0409 e. The van der Waals surface area contributed by atoms with Crippen LogP contribution in [0, 0.1) is 0 Å². The fourth-order valence-corrected chi connectivity index (χ4v) is 3.70. The van der Waals surface area contributed by atoms with Gasteiger partial charge >= 0.3 is 0 Å². The summed E-state index contributed by atoms with van der Waals surface area (Å²) in [5, 5.41) is 0. The van der Waals surface area contributed by atoms with Gasteiger partial charge in [0, 0.05) is 23.2 Å². The van der Waals surface area contributed by atoms with Crippen molar-refractivity contribution in [2.75, 3.05) is 31.6 Å². The third-order valence-corrected chi connectivity index (χ3v) is 4.98. The predicted molar refractivity (Wildman–Crippen MR) is 82.0 cm³/mol. The number of hydrogen-bond donors (Lipinski definition) is 0. The lowest BCUT2D eigenvalue weighted by atomic mass is 9.74. The van der Waals surface area contributed by atoms with Crippen LogP contribution in [0.4, 0.5) is 5.69 Å². The van der Waals surface area contributed by atoms with Crippen LogP contribution in [0.3, 0.4) is 0 Å². The average Bonchev–Trinajstić information content (AvgIpc) is 2.69. The zero-order valence-electron chi connectivity index (χ0n) is 12.7. The number of rotatable bonds is 0. The summed E-state index contributed by atoms with van der Waals surface area (Å²) in [5.74, 6) is 0. The first-order valence-electron chi connectivity index (χ1n) is 7.48. The number of para-hydroxylation sites is 1. The summed E-state index contributed by atoms with van der Waals surface area (Å²) >= 11 is 0. The van der Waals surface area contributed by atoms with Crippen molar-refractivity contribution in [1.29, 1.82) is 0 Å². The molecule has 2 heterocycles. The molecule has 1 aromatic rings. The highest BCUT2D eigenvalue weighted by molar-refractivity contribution is 5.64. The van der Waals surface area contributed by atoms with Gasteiger partial charge in [0.2, 0.25) is 0 Å². The molecule has 19 heavy (non-hydrogen) atoms. The van der Waals surface area contributed by atoms with Crippen LogP contribution >= 0.6 is 0 Å². The number of piperidine rings is 1. The molecule has 0 saturated carbocycles. The normalized spacial score (nSPS) is 22.8. The average molecular weight is 258 g/mol. The topological polar surface area (TPSA) is 6.48 Å². The number of nitrogens with zero attached hydrogens (tertiary/aromatic N) is 2. The number of anilines is 1. The highest BCUT2D eigenvalue weighted by Gasteiger charge is 2.46. The molecule has 2 nitrogen and oxygen atoms in total. The second kappa shape index (κ2) is 4.24. The van der Waals surface area contributed by atoms with Crippen LogP contribution in [0.5, 0.6) is 0 Å². The molecule has 1 aromatic carbocycles. The third-order valence-electron chi connectivity index (χ3n) is 4.98. The van der Waals surface area contributed by atoms with Gasteiger partial charge in [0.1, 0.15) is 0 Å². The molecule has 1 saturated heterocycles. The molecule has 2 aliphatic rings. The lowest BCUT2D eigenvalue weighted by Crippen LogP contribution is -2.48.